The Labute approximate surface area is 66.0 Å². The molecule has 0 heterocycles. The molecule has 1 aliphatic carbocycles. The third-order valence-corrected chi connectivity index (χ3v) is 3.47. The quantitative estimate of drug-likeness (QED) is 0.429. The summed E-state index contributed by atoms with van der Waals surface area (Å²) in [6, 6.07) is 0.741. The van der Waals surface area contributed by atoms with Crippen molar-refractivity contribution in [3.8, 4) is 0 Å². The van der Waals surface area contributed by atoms with Crippen LogP contribution in [0, 0.1) is 0 Å². The van der Waals surface area contributed by atoms with Crippen molar-refractivity contribution in [3.63, 3.8) is 0 Å². The predicted molar refractivity (Wildman–Crippen MR) is 45.7 cm³/mol. The Kier molecular flexibility index (Phi) is 3.38. The van der Waals surface area contributed by atoms with Crippen LogP contribution in [0.5, 0.6) is 0 Å². The molecule has 0 aromatic carbocycles. The minimum absolute atomic E-state index is 0.741. The van der Waals surface area contributed by atoms with Gasteiger partial charge in [0.05, 0.1) is 7.11 Å². The van der Waals surface area contributed by atoms with Crippen LogP contribution in [0.15, 0.2) is 0 Å². The maximum absolute atomic E-state index is 5.18. The summed E-state index contributed by atoms with van der Waals surface area (Å²) in [6.45, 7) is 0. The monoisotopic (exact) mass is 159 g/mol. The zero-order valence-electron chi connectivity index (χ0n) is 6.97. The van der Waals surface area contributed by atoms with Crippen molar-refractivity contribution in [1.82, 2.24) is 4.73 Å². The Morgan fingerprint density at radius 3 is 2.40 bits per heavy atom. The van der Waals surface area contributed by atoms with Crippen molar-refractivity contribution in [3.05, 3.63) is 0 Å². The minimum Gasteiger partial charge on any atom is -0.310 e. The summed E-state index contributed by atoms with van der Waals surface area (Å²) in [4.78, 5) is 5.18. The van der Waals surface area contributed by atoms with E-state index in [9.17, 15) is 0 Å². The first kappa shape index (κ1) is 8.24. The van der Waals surface area contributed by atoms with Crippen LogP contribution >= 0.6 is 0 Å². The van der Waals surface area contributed by atoms with Crippen LogP contribution < -0.4 is 0 Å². The molecule has 0 saturated heterocycles. The molecule has 1 saturated carbocycles. The Bertz CT molecular complexity index is 93.6. The van der Waals surface area contributed by atoms with Gasteiger partial charge in [-0.1, -0.05) is 19.3 Å². The fourth-order valence-corrected chi connectivity index (χ4v) is 2.11. The molecule has 2 nitrogen and oxygen atoms in total. The number of rotatable bonds is 2. The Balaban J connectivity index is 2.24. The first-order valence-corrected chi connectivity index (χ1v) is 5.01. The number of nitrogens with zero attached hydrogens (tertiary/aromatic N) is 1. The third kappa shape index (κ3) is 2.07. The zero-order chi connectivity index (χ0) is 7.40. The molecule has 3 heteroatoms. The topological polar surface area (TPSA) is 12.5 Å². The van der Waals surface area contributed by atoms with E-state index in [4.69, 9.17) is 4.84 Å². The summed E-state index contributed by atoms with van der Waals surface area (Å²) < 4.78 is 2.12. The van der Waals surface area contributed by atoms with E-state index in [-0.39, 0.29) is 0 Å². The average Bonchev–Trinajstić information content (AvgIpc) is 2.05. The van der Waals surface area contributed by atoms with E-state index in [1.54, 1.807) is 7.11 Å². The van der Waals surface area contributed by atoms with E-state index >= 15 is 0 Å². The van der Waals surface area contributed by atoms with Crippen molar-refractivity contribution >= 4 is 10.4 Å². The summed E-state index contributed by atoms with van der Waals surface area (Å²) in [5.41, 5.74) is 0. The van der Waals surface area contributed by atoms with E-state index < -0.39 is 0 Å². The molecule has 0 spiro atoms. The van der Waals surface area contributed by atoms with E-state index in [0.717, 1.165) is 16.4 Å². The molecule has 1 rings (SSSR count). The second-order valence-electron chi connectivity index (χ2n) is 3.02. The molecule has 0 aromatic rings. The number of hydrogen-bond acceptors (Lipinski definition) is 2. The molecule has 0 aromatic heterocycles. The van der Waals surface area contributed by atoms with E-state index in [1.807, 2.05) is 0 Å². The highest BCUT2D eigenvalue weighted by Gasteiger charge is 2.16. The molecular formula is C7H17NOSi. The molecule has 1 aliphatic rings. The van der Waals surface area contributed by atoms with Gasteiger partial charge in [-0.3, -0.25) is 0 Å². The lowest BCUT2D eigenvalue weighted by Gasteiger charge is -2.29. The third-order valence-electron chi connectivity index (χ3n) is 2.38. The van der Waals surface area contributed by atoms with E-state index in [0.29, 0.717) is 0 Å². The second kappa shape index (κ2) is 4.11. The largest absolute Gasteiger partial charge is 0.310 e. The van der Waals surface area contributed by atoms with E-state index in [1.165, 1.54) is 32.1 Å². The predicted octanol–water partition coefficient (Wildman–Crippen LogP) is 0.463. The van der Waals surface area contributed by atoms with Crippen LogP contribution in [0.25, 0.3) is 0 Å². The lowest BCUT2D eigenvalue weighted by molar-refractivity contribution is -0.0891. The molecule has 0 atom stereocenters. The van der Waals surface area contributed by atoms with Crippen LogP contribution in [0.2, 0.25) is 0 Å². The molecule has 1 fully saturated rings. The Hall–Kier alpha value is 0.137. The fourth-order valence-electron chi connectivity index (χ4n) is 1.59. The van der Waals surface area contributed by atoms with Crippen LogP contribution in [0.1, 0.15) is 32.1 Å². The summed E-state index contributed by atoms with van der Waals surface area (Å²) in [5, 5.41) is 0. The van der Waals surface area contributed by atoms with Gasteiger partial charge in [0, 0.05) is 6.04 Å². The van der Waals surface area contributed by atoms with Gasteiger partial charge in [0.2, 0.25) is 0 Å². The van der Waals surface area contributed by atoms with Gasteiger partial charge < -0.3 is 4.84 Å². The van der Waals surface area contributed by atoms with Gasteiger partial charge in [0.25, 0.3) is 0 Å². The van der Waals surface area contributed by atoms with Crippen LogP contribution in [-0.2, 0) is 4.84 Å². The van der Waals surface area contributed by atoms with E-state index in [2.05, 4.69) is 4.73 Å². The molecule has 0 radical (unpaired) electrons. The Morgan fingerprint density at radius 2 is 1.90 bits per heavy atom. The van der Waals surface area contributed by atoms with Gasteiger partial charge in [-0.15, -0.1) is 0 Å². The van der Waals surface area contributed by atoms with Gasteiger partial charge in [-0.05, 0) is 12.8 Å². The molecule has 0 N–H and O–H groups in total. The van der Waals surface area contributed by atoms with Crippen molar-refractivity contribution in [1.29, 1.82) is 0 Å². The standard InChI is InChI=1S/C7H17NOSi/c1-9-8(10)7-5-3-2-4-6-7/h7H,2-6H2,1,10H3. The summed E-state index contributed by atoms with van der Waals surface area (Å²) in [6.07, 6.45) is 6.91. The molecule has 0 unspecified atom stereocenters. The van der Waals surface area contributed by atoms with Crippen molar-refractivity contribution in [2.45, 2.75) is 38.1 Å². The molecule has 0 aliphatic heterocycles. The lowest BCUT2D eigenvalue weighted by atomic mass is 9.96. The fraction of sp³-hybridized carbons (Fsp3) is 1.00. The highest BCUT2D eigenvalue weighted by molar-refractivity contribution is 6.03. The Morgan fingerprint density at radius 1 is 1.30 bits per heavy atom. The number of hydrogen-bond donors (Lipinski definition) is 0. The first-order chi connectivity index (χ1) is 4.84. The molecular weight excluding hydrogens is 142 g/mol. The highest BCUT2D eigenvalue weighted by atomic mass is 28.2. The van der Waals surface area contributed by atoms with Crippen LogP contribution in [0.4, 0.5) is 0 Å². The van der Waals surface area contributed by atoms with Gasteiger partial charge >= 0.3 is 0 Å². The summed E-state index contributed by atoms with van der Waals surface area (Å²) in [7, 11) is 2.82. The highest BCUT2D eigenvalue weighted by Crippen LogP contribution is 2.20. The molecule has 60 valence electrons. The SMILES string of the molecule is CON([SiH3])C1CCCCC1. The van der Waals surface area contributed by atoms with Crippen LogP contribution in [-0.4, -0.2) is 28.3 Å². The van der Waals surface area contributed by atoms with Crippen molar-refractivity contribution < 1.29 is 4.84 Å². The maximum Gasteiger partial charge on any atom is 0.114 e. The lowest BCUT2D eigenvalue weighted by Crippen LogP contribution is -2.33. The molecule has 0 bridgehead atoms. The van der Waals surface area contributed by atoms with Crippen molar-refractivity contribution in [2.75, 3.05) is 7.11 Å². The normalized spacial score (nSPS) is 22.2. The van der Waals surface area contributed by atoms with Gasteiger partial charge in [-0.2, -0.15) is 0 Å². The molecule has 10 heavy (non-hydrogen) atoms. The zero-order valence-corrected chi connectivity index (χ0v) is 8.97. The smallest absolute Gasteiger partial charge is 0.114 e. The average molecular weight is 159 g/mol. The minimum atomic E-state index is 0.741. The first-order valence-electron chi connectivity index (χ1n) is 4.11. The maximum atomic E-state index is 5.18. The van der Waals surface area contributed by atoms with Crippen molar-refractivity contribution in [2.24, 2.45) is 0 Å². The van der Waals surface area contributed by atoms with Crippen LogP contribution in [0.3, 0.4) is 0 Å². The van der Waals surface area contributed by atoms with Gasteiger partial charge in [-0.25, -0.2) is 4.73 Å². The number of hydroxylamine groups is 1. The van der Waals surface area contributed by atoms with Gasteiger partial charge in [0.15, 0.2) is 0 Å². The molecule has 0 amide bonds. The summed E-state index contributed by atoms with van der Waals surface area (Å²) >= 11 is 0. The summed E-state index contributed by atoms with van der Waals surface area (Å²) in [5.74, 6) is 0. The van der Waals surface area contributed by atoms with Gasteiger partial charge in [0.1, 0.15) is 10.4 Å². The second-order valence-corrected chi connectivity index (χ2v) is 3.90.